The summed E-state index contributed by atoms with van der Waals surface area (Å²) in [5.41, 5.74) is -0.769. The van der Waals surface area contributed by atoms with Crippen molar-refractivity contribution in [2.75, 3.05) is 6.54 Å². The maximum atomic E-state index is 13.2. The fourth-order valence-electron chi connectivity index (χ4n) is 4.72. The highest BCUT2D eigenvalue weighted by Gasteiger charge is 2.43. The van der Waals surface area contributed by atoms with Crippen molar-refractivity contribution in [2.24, 2.45) is 10.8 Å². The molecule has 10 heteroatoms. The van der Waals surface area contributed by atoms with E-state index in [0.717, 1.165) is 24.3 Å². The van der Waals surface area contributed by atoms with Crippen molar-refractivity contribution >= 4 is 20.0 Å². The highest BCUT2D eigenvalue weighted by Crippen LogP contribution is 2.46. The van der Waals surface area contributed by atoms with Crippen LogP contribution in [0.25, 0.3) is 0 Å². The molecular weight excluding hydrogens is 458 g/mol. The lowest BCUT2D eigenvalue weighted by Crippen LogP contribution is -2.50. The summed E-state index contributed by atoms with van der Waals surface area (Å²) in [5.74, 6) is -1.05. The standard InChI is InChI=1S/C22H28F2N2O4S2/c1-21(2)12-18(26-32(29,30)20-10-6-17(24)7-11-20)13-22(3,14-21)15-25-31(27,28)19-8-4-16(23)5-9-19/h4-11,18,25-26H,12-15H2,1-3H3. The molecule has 0 aliphatic heterocycles. The number of nitrogens with one attached hydrogen (secondary N) is 2. The van der Waals surface area contributed by atoms with Crippen LogP contribution in [-0.4, -0.2) is 29.4 Å². The van der Waals surface area contributed by atoms with Gasteiger partial charge in [0, 0.05) is 12.6 Å². The zero-order valence-corrected chi connectivity index (χ0v) is 19.9. The number of halogens is 2. The summed E-state index contributed by atoms with van der Waals surface area (Å²) >= 11 is 0. The second kappa shape index (κ2) is 8.81. The smallest absolute Gasteiger partial charge is 0.211 e. The van der Waals surface area contributed by atoms with Gasteiger partial charge in [0.25, 0.3) is 0 Å². The van der Waals surface area contributed by atoms with Gasteiger partial charge in [-0.3, -0.25) is 0 Å². The lowest BCUT2D eigenvalue weighted by molar-refractivity contribution is 0.0821. The fourth-order valence-corrected chi connectivity index (χ4v) is 7.15. The van der Waals surface area contributed by atoms with E-state index in [2.05, 4.69) is 9.44 Å². The Morgan fingerprint density at radius 2 is 1.28 bits per heavy atom. The van der Waals surface area contributed by atoms with Crippen LogP contribution in [0, 0.1) is 22.5 Å². The molecule has 0 aromatic heterocycles. The van der Waals surface area contributed by atoms with Gasteiger partial charge in [0.15, 0.2) is 0 Å². The molecule has 2 unspecified atom stereocenters. The first-order valence-electron chi connectivity index (χ1n) is 10.2. The van der Waals surface area contributed by atoms with Crippen LogP contribution in [0.5, 0.6) is 0 Å². The van der Waals surface area contributed by atoms with Gasteiger partial charge in [0.2, 0.25) is 20.0 Å². The van der Waals surface area contributed by atoms with Gasteiger partial charge in [0.05, 0.1) is 9.79 Å². The topological polar surface area (TPSA) is 92.3 Å². The van der Waals surface area contributed by atoms with E-state index in [1.807, 2.05) is 20.8 Å². The molecule has 0 amide bonds. The lowest BCUT2D eigenvalue weighted by Gasteiger charge is -2.46. The third-order valence-electron chi connectivity index (χ3n) is 5.70. The molecule has 6 nitrogen and oxygen atoms in total. The maximum absolute atomic E-state index is 13.2. The highest BCUT2D eigenvalue weighted by atomic mass is 32.2. The number of hydrogen-bond acceptors (Lipinski definition) is 4. The summed E-state index contributed by atoms with van der Waals surface area (Å²) < 4.78 is 82.5. The Kier molecular flexibility index (Phi) is 6.82. The molecule has 2 atom stereocenters. The zero-order chi connectivity index (χ0) is 23.8. The second-order valence-electron chi connectivity index (χ2n) is 9.61. The van der Waals surface area contributed by atoms with Gasteiger partial charge in [0.1, 0.15) is 11.6 Å². The molecular formula is C22H28F2N2O4S2. The van der Waals surface area contributed by atoms with E-state index in [1.54, 1.807) is 0 Å². The highest BCUT2D eigenvalue weighted by molar-refractivity contribution is 7.89. The van der Waals surface area contributed by atoms with Crippen molar-refractivity contribution in [3.63, 3.8) is 0 Å². The molecule has 176 valence electrons. The van der Waals surface area contributed by atoms with Crippen molar-refractivity contribution in [2.45, 2.75) is 55.9 Å². The summed E-state index contributed by atoms with van der Waals surface area (Å²) in [6, 6.07) is 8.74. The van der Waals surface area contributed by atoms with E-state index in [-0.39, 0.29) is 21.8 Å². The van der Waals surface area contributed by atoms with Crippen molar-refractivity contribution in [1.82, 2.24) is 9.44 Å². The van der Waals surface area contributed by atoms with Gasteiger partial charge in [-0.05, 0) is 78.6 Å². The normalized spacial score (nSPS) is 23.7. The maximum Gasteiger partial charge on any atom is 0.240 e. The van der Waals surface area contributed by atoms with E-state index < -0.39 is 43.1 Å². The first-order chi connectivity index (χ1) is 14.7. The SMILES string of the molecule is CC1(C)CC(NS(=O)(=O)c2ccc(F)cc2)CC(C)(CNS(=O)(=O)c2ccc(F)cc2)C1. The second-order valence-corrected chi connectivity index (χ2v) is 13.1. The lowest BCUT2D eigenvalue weighted by atomic mass is 9.63. The van der Waals surface area contributed by atoms with Crippen LogP contribution in [0.3, 0.4) is 0 Å². The van der Waals surface area contributed by atoms with E-state index in [4.69, 9.17) is 0 Å². The fraction of sp³-hybridized carbons (Fsp3) is 0.455. The number of rotatable bonds is 7. The number of benzene rings is 2. The first kappa shape index (κ1) is 24.8. The summed E-state index contributed by atoms with van der Waals surface area (Å²) in [5, 5.41) is 0. The van der Waals surface area contributed by atoms with Crippen molar-refractivity contribution in [1.29, 1.82) is 0 Å². The Bertz CT molecular complexity index is 1170. The van der Waals surface area contributed by atoms with Crippen LogP contribution >= 0.6 is 0 Å². The molecule has 2 N–H and O–H groups in total. The summed E-state index contributed by atoms with van der Waals surface area (Å²) in [6.07, 6.45) is 1.68. The van der Waals surface area contributed by atoms with Crippen molar-refractivity contribution in [3.05, 3.63) is 60.2 Å². The number of sulfonamides is 2. The molecule has 0 spiro atoms. The quantitative estimate of drug-likeness (QED) is 0.623. The van der Waals surface area contributed by atoms with Gasteiger partial charge in [-0.1, -0.05) is 20.8 Å². The average Bonchev–Trinajstić information content (AvgIpc) is 2.65. The van der Waals surface area contributed by atoms with Gasteiger partial charge in [-0.25, -0.2) is 35.1 Å². The minimum Gasteiger partial charge on any atom is -0.211 e. The van der Waals surface area contributed by atoms with Gasteiger partial charge in [-0.15, -0.1) is 0 Å². The molecule has 2 aromatic rings. The van der Waals surface area contributed by atoms with Crippen molar-refractivity contribution in [3.8, 4) is 0 Å². The van der Waals surface area contributed by atoms with Crippen LogP contribution in [0.2, 0.25) is 0 Å². The first-order valence-corrected chi connectivity index (χ1v) is 13.2. The van der Waals surface area contributed by atoms with Crippen LogP contribution < -0.4 is 9.44 Å². The zero-order valence-electron chi connectivity index (χ0n) is 18.2. The monoisotopic (exact) mass is 486 g/mol. The molecule has 32 heavy (non-hydrogen) atoms. The Labute approximate surface area is 188 Å². The van der Waals surface area contributed by atoms with Gasteiger partial charge >= 0.3 is 0 Å². The Morgan fingerprint density at radius 3 is 1.78 bits per heavy atom. The summed E-state index contributed by atoms with van der Waals surface area (Å²) in [4.78, 5) is -0.0628. The molecule has 0 heterocycles. The van der Waals surface area contributed by atoms with E-state index in [9.17, 15) is 25.6 Å². The molecule has 1 fully saturated rings. The van der Waals surface area contributed by atoms with E-state index >= 15 is 0 Å². The van der Waals surface area contributed by atoms with Crippen LogP contribution in [0.15, 0.2) is 58.3 Å². The molecule has 1 saturated carbocycles. The Balaban J connectivity index is 1.75. The molecule has 2 aromatic carbocycles. The predicted octanol–water partition coefficient (Wildman–Crippen LogP) is 3.81. The number of hydrogen-bond donors (Lipinski definition) is 2. The van der Waals surface area contributed by atoms with Crippen LogP contribution in [0.4, 0.5) is 8.78 Å². The van der Waals surface area contributed by atoms with Gasteiger partial charge in [-0.2, -0.15) is 0 Å². The van der Waals surface area contributed by atoms with E-state index in [0.29, 0.717) is 19.3 Å². The predicted molar refractivity (Wildman–Crippen MR) is 118 cm³/mol. The molecule has 3 rings (SSSR count). The molecule has 0 radical (unpaired) electrons. The van der Waals surface area contributed by atoms with Crippen LogP contribution in [-0.2, 0) is 20.0 Å². The third-order valence-corrected chi connectivity index (χ3v) is 8.66. The Morgan fingerprint density at radius 1 is 0.812 bits per heavy atom. The van der Waals surface area contributed by atoms with E-state index in [1.165, 1.54) is 24.3 Å². The summed E-state index contributed by atoms with van der Waals surface area (Å²) in [6.45, 7) is 6.04. The minimum absolute atomic E-state index is 0.0269. The Hall–Kier alpha value is -1.88. The molecule has 1 aliphatic rings. The third kappa shape index (κ3) is 6.12. The molecule has 1 aliphatic carbocycles. The molecule has 0 bridgehead atoms. The van der Waals surface area contributed by atoms with Crippen molar-refractivity contribution < 1.29 is 25.6 Å². The summed E-state index contributed by atoms with van der Waals surface area (Å²) in [7, 11) is -7.70. The van der Waals surface area contributed by atoms with Crippen LogP contribution in [0.1, 0.15) is 40.0 Å². The van der Waals surface area contributed by atoms with Gasteiger partial charge < -0.3 is 0 Å². The molecule has 0 saturated heterocycles. The largest absolute Gasteiger partial charge is 0.240 e. The average molecular weight is 487 g/mol. The minimum atomic E-state index is -3.86.